The lowest BCUT2D eigenvalue weighted by Gasteiger charge is -2.08. The molecule has 0 atom stereocenters. The largest absolute Gasteiger partial charge is 0.481 e. The van der Waals surface area contributed by atoms with Gasteiger partial charge in [0.15, 0.2) is 17.5 Å². The average molecular weight is 497 g/mol. The van der Waals surface area contributed by atoms with Gasteiger partial charge in [-0.25, -0.2) is 15.0 Å². The zero-order valence-electron chi connectivity index (χ0n) is 19.3. The third-order valence-electron chi connectivity index (χ3n) is 5.09. The van der Waals surface area contributed by atoms with Gasteiger partial charge in [-0.1, -0.05) is 24.3 Å². The Balaban J connectivity index is 1.42. The van der Waals surface area contributed by atoms with E-state index in [2.05, 4.69) is 37.4 Å². The first-order valence-electron chi connectivity index (χ1n) is 11.0. The van der Waals surface area contributed by atoms with Gasteiger partial charge in [0, 0.05) is 23.2 Å². The molecule has 2 heterocycles. The van der Waals surface area contributed by atoms with Crippen molar-refractivity contribution in [2.24, 2.45) is 10.7 Å². The van der Waals surface area contributed by atoms with E-state index in [1.807, 2.05) is 12.1 Å². The van der Waals surface area contributed by atoms with Gasteiger partial charge in [0.05, 0.1) is 12.1 Å². The molecular weight excluding hydrogens is 468 g/mol. The predicted molar refractivity (Wildman–Crippen MR) is 136 cm³/mol. The van der Waals surface area contributed by atoms with Gasteiger partial charge in [-0.2, -0.15) is 0 Å². The predicted octanol–water partition coefficient (Wildman–Crippen LogP) is 2.16. The van der Waals surface area contributed by atoms with Gasteiger partial charge in [0.25, 0.3) is 5.91 Å². The van der Waals surface area contributed by atoms with Crippen molar-refractivity contribution < 1.29 is 14.7 Å². The number of unbranched alkanes of at least 4 members (excludes halogenated alkanes) is 1. The Morgan fingerprint density at radius 2 is 1.83 bits per heavy atom. The monoisotopic (exact) mass is 496 g/mol. The van der Waals surface area contributed by atoms with Crippen LogP contribution in [-0.2, 0) is 17.6 Å². The molecule has 0 aliphatic heterocycles. The first-order chi connectivity index (χ1) is 16.7. The van der Waals surface area contributed by atoms with Crippen LogP contribution in [-0.4, -0.2) is 44.4 Å². The van der Waals surface area contributed by atoms with Crippen molar-refractivity contribution in [1.29, 1.82) is 0 Å². The number of nitrogens with two attached hydrogens (primary N) is 3. The minimum absolute atomic E-state index is 0.0128. The number of benzene rings is 1. The number of hydrogen-bond donors (Lipinski definition) is 5. The van der Waals surface area contributed by atoms with Crippen molar-refractivity contribution in [3.05, 3.63) is 52.3 Å². The molecule has 0 radical (unpaired) electrons. The van der Waals surface area contributed by atoms with Gasteiger partial charge in [0.1, 0.15) is 10.8 Å². The standard InChI is InChI=1S/C23H28N8O3S/c1-13-19(24)30-20(25)18(29-13)21(34)31-23(26)27-11-3-2-4-14-5-7-15(8-6-14)22-28-12-16(35-22)9-10-17(32)33/h5-8,12H,2-4,9-11H2,1H3,(H,32,33)(H4,24,25,30)(H3,26,27,31,34). The highest BCUT2D eigenvalue weighted by atomic mass is 32.1. The summed E-state index contributed by atoms with van der Waals surface area (Å²) in [6, 6.07) is 8.17. The van der Waals surface area contributed by atoms with Crippen molar-refractivity contribution in [1.82, 2.24) is 20.3 Å². The molecule has 0 spiro atoms. The lowest BCUT2D eigenvalue weighted by Crippen LogP contribution is -2.38. The van der Waals surface area contributed by atoms with Gasteiger partial charge >= 0.3 is 5.97 Å². The number of nitrogens with zero attached hydrogens (tertiary/aromatic N) is 4. The number of guanidine groups is 1. The fraction of sp³-hybridized carbons (Fsp3) is 0.304. The molecular formula is C23H28N8O3S. The van der Waals surface area contributed by atoms with E-state index in [4.69, 9.17) is 22.3 Å². The summed E-state index contributed by atoms with van der Waals surface area (Å²) < 4.78 is 0. The van der Waals surface area contributed by atoms with Crippen LogP contribution in [0, 0.1) is 6.92 Å². The molecule has 184 valence electrons. The van der Waals surface area contributed by atoms with Crippen LogP contribution in [0.25, 0.3) is 10.6 Å². The number of aliphatic carboxylic acids is 1. The minimum Gasteiger partial charge on any atom is -0.481 e. The fourth-order valence-electron chi connectivity index (χ4n) is 3.17. The summed E-state index contributed by atoms with van der Waals surface area (Å²) in [6.07, 6.45) is 4.90. The molecule has 0 fully saturated rings. The van der Waals surface area contributed by atoms with Crippen molar-refractivity contribution in [2.45, 2.75) is 39.0 Å². The molecule has 12 heteroatoms. The topological polar surface area (TPSA) is 195 Å². The molecule has 0 unspecified atom stereocenters. The van der Waals surface area contributed by atoms with Crippen LogP contribution in [0.15, 0.2) is 35.5 Å². The van der Waals surface area contributed by atoms with E-state index in [0.29, 0.717) is 18.7 Å². The van der Waals surface area contributed by atoms with E-state index in [-0.39, 0.29) is 29.7 Å². The lowest BCUT2D eigenvalue weighted by atomic mass is 10.1. The Kier molecular flexibility index (Phi) is 8.68. The van der Waals surface area contributed by atoms with E-state index in [1.165, 1.54) is 16.9 Å². The number of carbonyl (C=O) groups excluding carboxylic acids is 1. The Morgan fingerprint density at radius 3 is 2.54 bits per heavy atom. The van der Waals surface area contributed by atoms with Crippen molar-refractivity contribution >= 4 is 40.8 Å². The van der Waals surface area contributed by atoms with Crippen molar-refractivity contribution in [3.63, 3.8) is 0 Å². The van der Waals surface area contributed by atoms with E-state index >= 15 is 0 Å². The number of amides is 1. The molecule has 0 saturated heterocycles. The molecule has 1 amide bonds. The molecule has 35 heavy (non-hydrogen) atoms. The summed E-state index contributed by atoms with van der Waals surface area (Å²) in [6.45, 7) is 2.09. The smallest absolute Gasteiger partial charge is 0.303 e. The second kappa shape index (κ2) is 11.9. The van der Waals surface area contributed by atoms with Crippen LogP contribution in [0.3, 0.4) is 0 Å². The number of rotatable bonds is 10. The van der Waals surface area contributed by atoms with E-state index in [0.717, 1.165) is 34.7 Å². The summed E-state index contributed by atoms with van der Waals surface area (Å²) in [5.41, 5.74) is 19.7. The summed E-state index contributed by atoms with van der Waals surface area (Å²) in [5.74, 6) is -1.32. The van der Waals surface area contributed by atoms with Gasteiger partial charge in [0.2, 0.25) is 0 Å². The normalized spacial score (nSPS) is 11.4. The van der Waals surface area contributed by atoms with Crippen molar-refractivity contribution in [3.8, 4) is 10.6 Å². The highest BCUT2D eigenvalue weighted by Crippen LogP contribution is 2.26. The summed E-state index contributed by atoms with van der Waals surface area (Å²) in [4.78, 5) is 40.5. The van der Waals surface area contributed by atoms with E-state index in [1.54, 1.807) is 13.1 Å². The molecule has 0 saturated carbocycles. The number of anilines is 2. The highest BCUT2D eigenvalue weighted by molar-refractivity contribution is 7.15. The van der Waals surface area contributed by atoms with Crippen LogP contribution >= 0.6 is 11.3 Å². The van der Waals surface area contributed by atoms with Crippen molar-refractivity contribution in [2.75, 3.05) is 18.0 Å². The molecule has 2 aromatic heterocycles. The molecule has 0 aliphatic rings. The number of carboxylic acid groups (broad SMARTS) is 1. The summed E-state index contributed by atoms with van der Waals surface area (Å²) >= 11 is 1.51. The second-order valence-corrected chi connectivity index (χ2v) is 8.94. The van der Waals surface area contributed by atoms with Crippen LogP contribution in [0.1, 0.15) is 45.9 Å². The van der Waals surface area contributed by atoms with Gasteiger partial charge in [-0.3, -0.25) is 19.9 Å². The number of aromatic nitrogens is 3. The lowest BCUT2D eigenvalue weighted by molar-refractivity contribution is -0.136. The number of aryl methyl sites for hydroxylation is 3. The van der Waals surface area contributed by atoms with Gasteiger partial charge in [-0.15, -0.1) is 11.3 Å². The van der Waals surface area contributed by atoms with Crippen LogP contribution < -0.4 is 22.5 Å². The Morgan fingerprint density at radius 1 is 1.09 bits per heavy atom. The second-order valence-electron chi connectivity index (χ2n) is 7.83. The molecule has 8 N–H and O–H groups in total. The first-order valence-corrected chi connectivity index (χ1v) is 11.8. The van der Waals surface area contributed by atoms with Gasteiger partial charge in [-0.05, 0) is 38.2 Å². The third kappa shape index (κ3) is 7.47. The number of nitrogen functional groups attached to an aromatic ring is 2. The SMILES string of the molecule is Cc1nc(C(=O)NC(N)=NCCCCc2ccc(-c3ncc(CCC(=O)O)s3)cc2)c(N)nc1N. The quantitative estimate of drug-likeness (QED) is 0.159. The molecule has 3 rings (SSSR count). The number of nitrogens with one attached hydrogen (secondary N) is 1. The molecule has 1 aromatic carbocycles. The zero-order valence-corrected chi connectivity index (χ0v) is 20.1. The van der Waals surface area contributed by atoms with Crippen LogP contribution in [0.4, 0.5) is 11.6 Å². The maximum absolute atomic E-state index is 12.3. The number of aliphatic imine (C=N–C) groups is 1. The minimum atomic E-state index is -0.810. The molecule has 11 nitrogen and oxygen atoms in total. The summed E-state index contributed by atoms with van der Waals surface area (Å²) in [7, 11) is 0. The van der Waals surface area contributed by atoms with Crippen LogP contribution in [0.5, 0.6) is 0 Å². The number of thiazole rings is 1. The third-order valence-corrected chi connectivity index (χ3v) is 6.19. The molecule has 3 aromatic rings. The fourth-order valence-corrected chi connectivity index (χ4v) is 4.09. The number of carbonyl (C=O) groups is 2. The number of hydrogen-bond acceptors (Lipinski definition) is 9. The van der Waals surface area contributed by atoms with E-state index in [9.17, 15) is 9.59 Å². The first kappa shape index (κ1) is 25.6. The Labute approximate surface area is 206 Å². The molecule has 0 bridgehead atoms. The summed E-state index contributed by atoms with van der Waals surface area (Å²) in [5, 5.41) is 12.1. The van der Waals surface area contributed by atoms with Gasteiger partial charge < -0.3 is 22.3 Å². The van der Waals surface area contributed by atoms with Crippen LogP contribution in [0.2, 0.25) is 0 Å². The zero-order chi connectivity index (χ0) is 25.4. The maximum atomic E-state index is 12.3. The van der Waals surface area contributed by atoms with E-state index < -0.39 is 11.9 Å². The molecule has 0 aliphatic carbocycles. The Hall–Kier alpha value is -4.06. The number of carboxylic acids is 1. The average Bonchev–Trinajstić information content (AvgIpc) is 3.29. The highest BCUT2D eigenvalue weighted by Gasteiger charge is 2.15. The maximum Gasteiger partial charge on any atom is 0.303 e. The Bertz CT molecular complexity index is 1220.